The Labute approximate surface area is 184 Å². The van der Waals surface area contributed by atoms with E-state index >= 15 is 0 Å². The minimum atomic E-state index is -0.837. The lowest BCUT2D eigenvalue weighted by Crippen LogP contribution is -2.14. The maximum Gasteiger partial charge on any atom is 0.224 e. The summed E-state index contributed by atoms with van der Waals surface area (Å²) >= 11 is 4.59. The number of hydrogen-bond donors (Lipinski definition) is 1. The Morgan fingerprint density at radius 3 is 2.57 bits per heavy atom. The van der Waals surface area contributed by atoms with E-state index in [1.54, 1.807) is 35.9 Å². The number of anilines is 1. The number of nitrogens with one attached hydrogen (secondary N) is 1. The molecule has 0 aliphatic carbocycles. The number of thioether (sulfide) groups is 1. The Kier molecular flexibility index (Phi) is 7.33. The third kappa shape index (κ3) is 5.73. The van der Waals surface area contributed by atoms with Crippen molar-refractivity contribution in [1.82, 2.24) is 14.8 Å². The average molecular weight is 495 g/mol. The van der Waals surface area contributed by atoms with Gasteiger partial charge in [0.25, 0.3) is 0 Å². The SMILES string of the molecule is Cn1c(CCC(=O)Nc2ccc(F)cc2F)nnc1SCC(=O)c1ccc(Br)cc1. The Hall–Kier alpha value is -2.59. The maximum absolute atomic E-state index is 13.6. The summed E-state index contributed by atoms with van der Waals surface area (Å²) in [6.07, 6.45) is 0.324. The van der Waals surface area contributed by atoms with Gasteiger partial charge in [0.15, 0.2) is 10.9 Å². The lowest BCUT2D eigenvalue weighted by atomic mass is 10.2. The molecule has 0 bridgehead atoms. The van der Waals surface area contributed by atoms with Crippen LogP contribution < -0.4 is 5.32 Å². The van der Waals surface area contributed by atoms with Gasteiger partial charge in [0.2, 0.25) is 5.91 Å². The van der Waals surface area contributed by atoms with E-state index in [1.807, 2.05) is 0 Å². The number of nitrogens with zero attached hydrogens (tertiary/aromatic N) is 3. The minimum absolute atomic E-state index is 0.0299. The van der Waals surface area contributed by atoms with Crippen LogP contribution in [0.25, 0.3) is 0 Å². The molecule has 1 amide bonds. The molecule has 1 heterocycles. The number of amides is 1. The van der Waals surface area contributed by atoms with Crippen molar-refractivity contribution in [2.24, 2.45) is 7.05 Å². The van der Waals surface area contributed by atoms with Gasteiger partial charge in [0.1, 0.15) is 17.5 Å². The van der Waals surface area contributed by atoms with Gasteiger partial charge in [-0.15, -0.1) is 10.2 Å². The van der Waals surface area contributed by atoms with Gasteiger partial charge in [-0.05, 0) is 24.3 Å². The van der Waals surface area contributed by atoms with Gasteiger partial charge in [0.05, 0.1) is 11.4 Å². The Morgan fingerprint density at radius 2 is 1.87 bits per heavy atom. The molecule has 156 valence electrons. The summed E-state index contributed by atoms with van der Waals surface area (Å²) in [4.78, 5) is 24.3. The van der Waals surface area contributed by atoms with Gasteiger partial charge < -0.3 is 9.88 Å². The topological polar surface area (TPSA) is 76.9 Å². The second-order valence-electron chi connectivity index (χ2n) is 6.35. The van der Waals surface area contributed by atoms with Crippen LogP contribution in [0.2, 0.25) is 0 Å². The molecule has 1 N–H and O–H groups in total. The van der Waals surface area contributed by atoms with Gasteiger partial charge in [-0.25, -0.2) is 8.78 Å². The molecule has 0 saturated heterocycles. The summed E-state index contributed by atoms with van der Waals surface area (Å²) < 4.78 is 29.2. The van der Waals surface area contributed by atoms with Crippen LogP contribution in [0.4, 0.5) is 14.5 Å². The monoisotopic (exact) mass is 494 g/mol. The minimum Gasteiger partial charge on any atom is -0.324 e. The first-order valence-corrected chi connectivity index (χ1v) is 10.7. The van der Waals surface area contributed by atoms with E-state index in [2.05, 4.69) is 31.4 Å². The third-order valence-corrected chi connectivity index (χ3v) is 5.75. The first-order chi connectivity index (χ1) is 14.3. The molecule has 0 aliphatic rings. The smallest absolute Gasteiger partial charge is 0.224 e. The second-order valence-corrected chi connectivity index (χ2v) is 8.21. The zero-order valence-electron chi connectivity index (χ0n) is 15.9. The number of benzene rings is 2. The lowest BCUT2D eigenvalue weighted by Gasteiger charge is -2.07. The van der Waals surface area contributed by atoms with Crippen LogP contribution in [0, 0.1) is 11.6 Å². The lowest BCUT2D eigenvalue weighted by molar-refractivity contribution is -0.116. The summed E-state index contributed by atoms with van der Waals surface area (Å²) in [6, 6.07) is 10.1. The second kappa shape index (κ2) is 9.94. The first kappa shape index (κ1) is 22.1. The molecule has 0 atom stereocenters. The van der Waals surface area contributed by atoms with E-state index in [-0.39, 0.29) is 30.1 Å². The molecule has 1 aromatic heterocycles. The van der Waals surface area contributed by atoms with Crippen LogP contribution in [-0.4, -0.2) is 32.2 Å². The van der Waals surface area contributed by atoms with Crippen LogP contribution in [0.3, 0.4) is 0 Å². The van der Waals surface area contributed by atoms with E-state index in [0.29, 0.717) is 22.6 Å². The zero-order chi connectivity index (χ0) is 21.7. The molecule has 3 aromatic rings. The normalized spacial score (nSPS) is 10.8. The Morgan fingerprint density at radius 1 is 1.13 bits per heavy atom. The van der Waals surface area contributed by atoms with Crippen LogP contribution in [0.15, 0.2) is 52.1 Å². The highest BCUT2D eigenvalue weighted by Crippen LogP contribution is 2.20. The van der Waals surface area contributed by atoms with E-state index in [9.17, 15) is 18.4 Å². The van der Waals surface area contributed by atoms with Crippen molar-refractivity contribution in [1.29, 1.82) is 0 Å². The summed E-state index contributed by atoms with van der Waals surface area (Å²) in [5, 5.41) is 11.1. The molecule has 10 heteroatoms. The largest absolute Gasteiger partial charge is 0.324 e. The van der Waals surface area contributed by atoms with Crippen LogP contribution in [0.1, 0.15) is 22.6 Å². The highest BCUT2D eigenvalue weighted by atomic mass is 79.9. The average Bonchev–Trinajstić information content (AvgIpc) is 3.07. The summed E-state index contributed by atoms with van der Waals surface area (Å²) in [5.41, 5.74) is 0.528. The molecule has 30 heavy (non-hydrogen) atoms. The number of carbonyl (C=O) groups is 2. The molecule has 0 unspecified atom stereocenters. The Bertz CT molecular complexity index is 1070. The predicted octanol–water partition coefficient (Wildman–Crippen LogP) is 4.40. The molecule has 0 aliphatic heterocycles. The van der Waals surface area contributed by atoms with E-state index < -0.39 is 17.5 Å². The molecular weight excluding hydrogens is 478 g/mol. The van der Waals surface area contributed by atoms with Crippen molar-refractivity contribution in [3.63, 3.8) is 0 Å². The van der Waals surface area contributed by atoms with Gasteiger partial charge in [-0.1, -0.05) is 39.8 Å². The molecular formula is C20H17BrF2N4O2S. The summed E-state index contributed by atoms with van der Waals surface area (Å²) in [6.45, 7) is 0. The third-order valence-electron chi connectivity index (χ3n) is 4.20. The number of aryl methyl sites for hydroxylation is 1. The molecule has 0 spiro atoms. The molecule has 0 saturated carbocycles. The number of aromatic nitrogens is 3. The van der Waals surface area contributed by atoms with Gasteiger partial charge in [-0.3, -0.25) is 9.59 Å². The number of rotatable bonds is 8. The van der Waals surface area contributed by atoms with Crippen molar-refractivity contribution in [3.05, 3.63) is 70.0 Å². The molecule has 2 aromatic carbocycles. The highest BCUT2D eigenvalue weighted by Gasteiger charge is 2.14. The van der Waals surface area contributed by atoms with E-state index in [0.717, 1.165) is 10.5 Å². The van der Waals surface area contributed by atoms with Crippen molar-refractivity contribution in [3.8, 4) is 0 Å². The summed E-state index contributed by atoms with van der Waals surface area (Å²) in [5.74, 6) is -1.24. The van der Waals surface area contributed by atoms with Gasteiger partial charge >= 0.3 is 0 Å². The summed E-state index contributed by atoms with van der Waals surface area (Å²) in [7, 11) is 1.75. The highest BCUT2D eigenvalue weighted by molar-refractivity contribution is 9.10. The van der Waals surface area contributed by atoms with E-state index in [4.69, 9.17) is 0 Å². The predicted molar refractivity (Wildman–Crippen MR) is 114 cm³/mol. The molecule has 0 fully saturated rings. The standard InChI is InChI=1S/C20H17BrF2N4O2S/c1-27-18(8-9-19(29)24-16-7-6-14(22)10-15(16)23)25-26-20(27)30-11-17(28)12-2-4-13(21)5-3-12/h2-7,10H,8-9,11H2,1H3,(H,24,29). The van der Waals surface area contributed by atoms with Gasteiger partial charge in [0, 0.05) is 36.0 Å². The van der Waals surface area contributed by atoms with Gasteiger partial charge in [-0.2, -0.15) is 0 Å². The van der Waals surface area contributed by atoms with Crippen LogP contribution in [-0.2, 0) is 18.3 Å². The molecule has 6 nitrogen and oxygen atoms in total. The molecule has 0 radical (unpaired) electrons. The quantitative estimate of drug-likeness (QED) is 0.370. The number of Topliss-reactive ketones (excluding diaryl/α,β-unsaturated/α-hetero) is 1. The fourth-order valence-electron chi connectivity index (χ4n) is 2.57. The number of ketones is 1. The van der Waals surface area contributed by atoms with Crippen LogP contribution >= 0.6 is 27.7 Å². The van der Waals surface area contributed by atoms with E-state index in [1.165, 1.54) is 17.8 Å². The fourth-order valence-corrected chi connectivity index (χ4v) is 3.66. The Balaban J connectivity index is 1.52. The van der Waals surface area contributed by atoms with Crippen LogP contribution in [0.5, 0.6) is 0 Å². The first-order valence-electron chi connectivity index (χ1n) is 8.88. The maximum atomic E-state index is 13.6. The fraction of sp³-hybridized carbons (Fsp3) is 0.200. The van der Waals surface area contributed by atoms with Crippen molar-refractivity contribution in [2.75, 3.05) is 11.1 Å². The van der Waals surface area contributed by atoms with Crippen molar-refractivity contribution >= 4 is 45.1 Å². The number of hydrogen-bond acceptors (Lipinski definition) is 5. The zero-order valence-corrected chi connectivity index (χ0v) is 18.3. The number of carbonyl (C=O) groups excluding carboxylic acids is 2. The van der Waals surface area contributed by atoms with Crippen molar-refractivity contribution in [2.45, 2.75) is 18.0 Å². The number of halogens is 3. The molecule has 3 rings (SSSR count). The van der Waals surface area contributed by atoms with Crippen molar-refractivity contribution < 1.29 is 18.4 Å².